The topological polar surface area (TPSA) is 55.4 Å². The van der Waals surface area contributed by atoms with Gasteiger partial charge in [-0.3, -0.25) is 9.59 Å². The largest absolute Gasteiger partial charge is 0.455 e. The number of carbonyl (C=O) groups excluding carboxylic acids is 2. The first-order chi connectivity index (χ1) is 12.4. The molecule has 0 radical (unpaired) electrons. The second-order valence-corrected chi connectivity index (χ2v) is 6.91. The zero-order valence-electron chi connectivity index (χ0n) is 13.3. The second-order valence-electron chi connectivity index (χ2n) is 4.83. The summed E-state index contributed by atoms with van der Waals surface area (Å²) in [6.07, 6.45) is 0. The molecule has 26 heavy (non-hydrogen) atoms. The summed E-state index contributed by atoms with van der Waals surface area (Å²) in [5.74, 6) is -4.30. The van der Waals surface area contributed by atoms with Crippen molar-refractivity contribution in [1.29, 1.82) is 0 Å². The van der Waals surface area contributed by atoms with Gasteiger partial charge in [-0.2, -0.15) is 8.78 Å². The van der Waals surface area contributed by atoms with E-state index in [2.05, 4.69) is 5.32 Å². The number of amides is 1. The van der Waals surface area contributed by atoms with Gasteiger partial charge in [0.1, 0.15) is 5.82 Å². The lowest BCUT2D eigenvalue weighted by Gasteiger charge is -2.07. The number of thioether (sulfide) groups is 2. The molecule has 0 aromatic heterocycles. The van der Waals surface area contributed by atoms with Crippen LogP contribution >= 0.6 is 23.5 Å². The van der Waals surface area contributed by atoms with Crippen molar-refractivity contribution < 1.29 is 27.5 Å². The molecule has 0 aliphatic rings. The van der Waals surface area contributed by atoms with Gasteiger partial charge in [-0.15, -0.1) is 11.8 Å². The number of carbonyl (C=O) groups is 2. The van der Waals surface area contributed by atoms with Crippen molar-refractivity contribution in [2.75, 3.05) is 17.7 Å². The first-order valence-electron chi connectivity index (χ1n) is 7.31. The van der Waals surface area contributed by atoms with E-state index in [1.165, 1.54) is 36.4 Å². The van der Waals surface area contributed by atoms with Crippen molar-refractivity contribution in [3.63, 3.8) is 0 Å². The maximum absolute atomic E-state index is 13.4. The van der Waals surface area contributed by atoms with Crippen molar-refractivity contribution in [3.05, 3.63) is 54.3 Å². The molecule has 4 nitrogen and oxygen atoms in total. The van der Waals surface area contributed by atoms with Crippen molar-refractivity contribution in [2.45, 2.75) is 15.5 Å². The Hall–Kier alpha value is -2.13. The van der Waals surface area contributed by atoms with E-state index in [0.717, 1.165) is 11.8 Å². The molecule has 0 saturated heterocycles. The standard InChI is InChI=1S/C17H14F3NO3S2/c18-13-3-1-2-4-14(13)25-10-16(23)24-9-15(22)21-11-5-7-12(8-6-11)26-17(19)20/h1-8,17H,9-10H2,(H,21,22). The Morgan fingerprint density at radius 1 is 1.08 bits per heavy atom. The maximum atomic E-state index is 13.4. The molecule has 9 heteroatoms. The predicted molar refractivity (Wildman–Crippen MR) is 95.0 cm³/mol. The number of benzene rings is 2. The van der Waals surface area contributed by atoms with E-state index in [0.29, 0.717) is 27.2 Å². The molecule has 0 fully saturated rings. The molecular weight excluding hydrogens is 387 g/mol. The summed E-state index contributed by atoms with van der Waals surface area (Å²) in [5, 5.41) is 2.48. The number of alkyl halides is 2. The van der Waals surface area contributed by atoms with Gasteiger partial charge in [0.2, 0.25) is 0 Å². The Morgan fingerprint density at radius 2 is 1.77 bits per heavy atom. The highest BCUT2D eigenvalue weighted by molar-refractivity contribution is 8.00. The zero-order valence-corrected chi connectivity index (χ0v) is 14.9. The van der Waals surface area contributed by atoms with Gasteiger partial charge >= 0.3 is 5.97 Å². The first kappa shape index (κ1) is 20.2. The van der Waals surface area contributed by atoms with Gasteiger partial charge in [0.05, 0.1) is 5.75 Å². The molecule has 2 aromatic rings. The fourth-order valence-corrected chi connectivity index (χ4v) is 3.04. The molecule has 138 valence electrons. The number of anilines is 1. The minimum Gasteiger partial charge on any atom is -0.455 e. The number of ether oxygens (including phenoxy) is 1. The molecule has 0 heterocycles. The van der Waals surface area contributed by atoms with E-state index >= 15 is 0 Å². The van der Waals surface area contributed by atoms with Crippen LogP contribution in [-0.2, 0) is 14.3 Å². The van der Waals surface area contributed by atoms with Crippen LogP contribution in [0.2, 0.25) is 0 Å². The quantitative estimate of drug-likeness (QED) is 0.524. The third kappa shape index (κ3) is 7.01. The molecule has 0 aliphatic heterocycles. The van der Waals surface area contributed by atoms with Crippen LogP contribution in [0.1, 0.15) is 0 Å². The van der Waals surface area contributed by atoms with E-state index < -0.39 is 30.1 Å². The third-order valence-corrected chi connectivity index (χ3v) is 4.65. The van der Waals surface area contributed by atoms with Gasteiger partial charge in [-0.05, 0) is 36.4 Å². The number of nitrogens with one attached hydrogen (secondary N) is 1. The SMILES string of the molecule is O=C(COC(=O)CSc1ccccc1F)Nc1ccc(SC(F)F)cc1. The second kappa shape index (κ2) is 10.1. The van der Waals surface area contributed by atoms with Crippen molar-refractivity contribution in [1.82, 2.24) is 0 Å². The van der Waals surface area contributed by atoms with Crippen LogP contribution in [0.15, 0.2) is 58.3 Å². The fourth-order valence-electron chi connectivity index (χ4n) is 1.80. The Morgan fingerprint density at radius 3 is 2.42 bits per heavy atom. The lowest BCUT2D eigenvalue weighted by molar-refractivity contribution is -0.144. The van der Waals surface area contributed by atoms with Gasteiger partial charge in [0.25, 0.3) is 11.7 Å². The average Bonchev–Trinajstić information content (AvgIpc) is 2.60. The summed E-state index contributed by atoms with van der Waals surface area (Å²) < 4.78 is 42.7. The molecule has 1 N–H and O–H groups in total. The highest BCUT2D eigenvalue weighted by Crippen LogP contribution is 2.26. The number of esters is 1. The Kier molecular flexibility index (Phi) is 7.86. The monoisotopic (exact) mass is 401 g/mol. The van der Waals surface area contributed by atoms with Gasteiger partial charge in [-0.25, -0.2) is 4.39 Å². The first-order valence-corrected chi connectivity index (χ1v) is 9.18. The van der Waals surface area contributed by atoms with Crippen LogP contribution in [0.25, 0.3) is 0 Å². The van der Waals surface area contributed by atoms with Gasteiger partial charge in [-0.1, -0.05) is 23.9 Å². The Balaban J connectivity index is 1.72. The molecule has 0 aliphatic carbocycles. The van der Waals surface area contributed by atoms with Gasteiger partial charge in [0.15, 0.2) is 6.61 Å². The molecule has 0 bridgehead atoms. The number of rotatable bonds is 8. The summed E-state index contributed by atoms with van der Waals surface area (Å²) in [7, 11) is 0. The van der Waals surface area contributed by atoms with Crippen molar-refractivity contribution in [2.24, 2.45) is 0 Å². The van der Waals surface area contributed by atoms with Crippen LogP contribution in [0.3, 0.4) is 0 Å². The maximum Gasteiger partial charge on any atom is 0.316 e. The van der Waals surface area contributed by atoms with E-state index in [1.54, 1.807) is 12.1 Å². The van der Waals surface area contributed by atoms with Crippen molar-refractivity contribution in [3.8, 4) is 0 Å². The molecule has 0 atom stereocenters. The molecule has 0 spiro atoms. The van der Waals surface area contributed by atoms with Crippen molar-refractivity contribution >= 4 is 41.1 Å². The minimum absolute atomic E-state index is 0.131. The van der Waals surface area contributed by atoms with Crippen LogP contribution in [0, 0.1) is 5.82 Å². The summed E-state index contributed by atoms with van der Waals surface area (Å²) >= 11 is 1.37. The van der Waals surface area contributed by atoms with E-state index in [1.807, 2.05) is 0 Å². The molecular formula is C17H14F3NO3S2. The van der Waals surface area contributed by atoms with Gasteiger partial charge in [0, 0.05) is 15.5 Å². The average molecular weight is 401 g/mol. The normalized spacial score (nSPS) is 10.6. The van der Waals surface area contributed by atoms with Crippen LogP contribution in [0.5, 0.6) is 0 Å². The number of halogens is 3. The third-order valence-electron chi connectivity index (χ3n) is 2.91. The van der Waals surface area contributed by atoms with E-state index in [-0.39, 0.29) is 5.75 Å². The van der Waals surface area contributed by atoms with Gasteiger partial charge < -0.3 is 10.1 Å². The highest BCUT2D eigenvalue weighted by atomic mass is 32.2. The lowest BCUT2D eigenvalue weighted by atomic mass is 10.3. The Labute approximate surface area is 156 Å². The highest BCUT2D eigenvalue weighted by Gasteiger charge is 2.11. The lowest BCUT2D eigenvalue weighted by Crippen LogP contribution is -2.21. The zero-order chi connectivity index (χ0) is 18.9. The van der Waals surface area contributed by atoms with Crippen LogP contribution < -0.4 is 5.32 Å². The summed E-state index contributed by atoms with van der Waals surface area (Å²) in [6.45, 7) is -0.496. The number of hydrogen-bond donors (Lipinski definition) is 1. The summed E-state index contributed by atoms with van der Waals surface area (Å²) in [4.78, 5) is 24.0. The molecule has 2 aromatic carbocycles. The molecule has 2 rings (SSSR count). The number of hydrogen-bond acceptors (Lipinski definition) is 5. The van der Waals surface area contributed by atoms with Crippen LogP contribution in [-0.4, -0.2) is 30.0 Å². The molecule has 0 unspecified atom stereocenters. The molecule has 0 saturated carbocycles. The Bertz CT molecular complexity index is 757. The minimum atomic E-state index is -2.52. The fraction of sp³-hybridized carbons (Fsp3) is 0.176. The summed E-state index contributed by atoms with van der Waals surface area (Å²) in [6, 6.07) is 11.8. The summed E-state index contributed by atoms with van der Waals surface area (Å²) in [5.41, 5.74) is 0.394. The smallest absolute Gasteiger partial charge is 0.316 e. The molecule has 1 amide bonds. The van der Waals surface area contributed by atoms with Crippen LogP contribution in [0.4, 0.5) is 18.9 Å². The van der Waals surface area contributed by atoms with E-state index in [9.17, 15) is 22.8 Å². The predicted octanol–water partition coefficient (Wildman–Crippen LogP) is 4.41. The van der Waals surface area contributed by atoms with E-state index in [4.69, 9.17) is 4.74 Å².